The monoisotopic (exact) mass is 299 g/mol. The Balaban J connectivity index is 3.30. The van der Waals surface area contributed by atoms with Gasteiger partial charge in [-0.1, -0.05) is 26.8 Å². The van der Waals surface area contributed by atoms with Crippen LogP contribution >= 0.6 is 0 Å². The van der Waals surface area contributed by atoms with Gasteiger partial charge in [-0.2, -0.15) is 8.42 Å². The van der Waals surface area contributed by atoms with Gasteiger partial charge < -0.3 is 4.90 Å². The van der Waals surface area contributed by atoms with Gasteiger partial charge in [0, 0.05) is 12.2 Å². The van der Waals surface area contributed by atoms with E-state index in [0.29, 0.717) is 13.0 Å². The lowest BCUT2D eigenvalue weighted by Gasteiger charge is -2.30. The first-order chi connectivity index (χ1) is 9.37. The molecule has 0 aliphatic rings. The van der Waals surface area contributed by atoms with Crippen LogP contribution in [0.25, 0.3) is 0 Å². The molecule has 0 saturated heterocycles. The highest BCUT2D eigenvalue weighted by Crippen LogP contribution is 2.25. The van der Waals surface area contributed by atoms with Crippen molar-refractivity contribution in [2.75, 3.05) is 11.4 Å². The van der Waals surface area contributed by atoms with E-state index in [1.807, 2.05) is 19.1 Å². The first-order valence-electron chi connectivity index (χ1n) is 7.23. The summed E-state index contributed by atoms with van der Waals surface area (Å²) in [5.41, 5.74) is 3.24. The molecule has 1 aromatic rings. The minimum absolute atomic E-state index is 0.352. The molecule has 114 valence electrons. The molecule has 0 aliphatic heterocycles. The van der Waals surface area contributed by atoms with Crippen LogP contribution in [-0.2, 0) is 23.0 Å². The van der Waals surface area contributed by atoms with Gasteiger partial charge in [0.2, 0.25) is 0 Å². The third kappa shape index (κ3) is 3.96. The van der Waals surface area contributed by atoms with Gasteiger partial charge in [0.15, 0.2) is 5.37 Å². The first kappa shape index (κ1) is 17.0. The molecule has 4 nitrogen and oxygen atoms in total. The van der Waals surface area contributed by atoms with Crippen molar-refractivity contribution in [2.45, 2.75) is 52.3 Å². The molecule has 1 unspecified atom stereocenters. The van der Waals surface area contributed by atoms with E-state index in [4.69, 9.17) is 0 Å². The van der Waals surface area contributed by atoms with Crippen LogP contribution in [0.4, 0.5) is 5.69 Å². The molecular formula is C15H25NO3S. The smallest absolute Gasteiger partial charge is 0.286 e. The zero-order valence-electron chi connectivity index (χ0n) is 12.8. The van der Waals surface area contributed by atoms with Crippen LogP contribution in [0.2, 0.25) is 0 Å². The van der Waals surface area contributed by atoms with E-state index < -0.39 is 15.5 Å². The molecule has 0 bridgehead atoms. The molecule has 1 atom stereocenters. The van der Waals surface area contributed by atoms with Crippen LogP contribution in [0.3, 0.4) is 0 Å². The number of aryl methyl sites for hydroxylation is 2. The summed E-state index contributed by atoms with van der Waals surface area (Å²) in [6.45, 7) is 8.36. The van der Waals surface area contributed by atoms with E-state index in [2.05, 4.69) is 19.9 Å². The second kappa shape index (κ2) is 7.09. The van der Waals surface area contributed by atoms with Crippen molar-refractivity contribution in [3.63, 3.8) is 0 Å². The van der Waals surface area contributed by atoms with Crippen LogP contribution in [0, 0.1) is 0 Å². The molecule has 0 aliphatic carbocycles. The van der Waals surface area contributed by atoms with Crippen LogP contribution in [0.1, 0.15) is 45.2 Å². The molecule has 0 fully saturated rings. The Bertz CT molecular complexity index is 518. The molecule has 0 heterocycles. The SMILES string of the molecule is CCc1cc(CC)cc(N(CC)C(CC)S(=O)(=O)O)c1. The Kier molecular flexibility index (Phi) is 6.02. The minimum Gasteiger partial charge on any atom is -0.353 e. The molecule has 0 spiro atoms. The summed E-state index contributed by atoms with van der Waals surface area (Å²) in [4.78, 5) is 1.76. The highest BCUT2D eigenvalue weighted by molar-refractivity contribution is 7.86. The Hall–Kier alpha value is -1.07. The van der Waals surface area contributed by atoms with E-state index in [9.17, 15) is 13.0 Å². The average Bonchev–Trinajstić information content (AvgIpc) is 2.42. The van der Waals surface area contributed by atoms with Crippen molar-refractivity contribution in [3.8, 4) is 0 Å². The number of hydrogen-bond donors (Lipinski definition) is 1. The van der Waals surface area contributed by atoms with Gasteiger partial charge in [-0.15, -0.1) is 0 Å². The van der Waals surface area contributed by atoms with E-state index in [-0.39, 0.29) is 0 Å². The van der Waals surface area contributed by atoms with Crippen LogP contribution in [0.5, 0.6) is 0 Å². The summed E-state index contributed by atoms with van der Waals surface area (Å²) in [5.74, 6) is 0. The number of benzene rings is 1. The van der Waals surface area contributed by atoms with E-state index in [1.165, 1.54) is 11.1 Å². The van der Waals surface area contributed by atoms with Gasteiger partial charge in [-0.25, -0.2) is 0 Å². The molecule has 0 aromatic heterocycles. The predicted octanol–water partition coefficient (Wildman–Crippen LogP) is 3.26. The van der Waals surface area contributed by atoms with E-state index >= 15 is 0 Å². The summed E-state index contributed by atoms with van der Waals surface area (Å²) < 4.78 is 32.5. The molecular weight excluding hydrogens is 274 g/mol. The van der Waals surface area contributed by atoms with Crippen molar-refractivity contribution in [1.29, 1.82) is 0 Å². The summed E-state index contributed by atoms with van der Waals surface area (Å²) >= 11 is 0. The Morgan fingerprint density at radius 3 is 1.85 bits per heavy atom. The normalized spacial score (nSPS) is 13.2. The number of rotatable bonds is 7. The lowest BCUT2D eigenvalue weighted by molar-refractivity contribution is 0.460. The van der Waals surface area contributed by atoms with Crippen LogP contribution in [-0.4, -0.2) is 24.9 Å². The van der Waals surface area contributed by atoms with Crippen molar-refractivity contribution in [3.05, 3.63) is 29.3 Å². The van der Waals surface area contributed by atoms with Crippen molar-refractivity contribution >= 4 is 15.8 Å². The molecule has 1 N–H and O–H groups in total. The molecule has 5 heteroatoms. The topological polar surface area (TPSA) is 57.6 Å². The maximum absolute atomic E-state index is 11.6. The van der Waals surface area contributed by atoms with Gasteiger partial charge >= 0.3 is 0 Å². The first-order valence-corrected chi connectivity index (χ1v) is 8.73. The van der Waals surface area contributed by atoms with E-state index in [1.54, 1.807) is 11.8 Å². The van der Waals surface area contributed by atoms with Crippen molar-refractivity contribution < 1.29 is 13.0 Å². The fourth-order valence-electron chi connectivity index (χ4n) is 2.46. The molecule has 1 aromatic carbocycles. The highest BCUT2D eigenvalue weighted by atomic mass is 32.2. The molecule has 0 radical (unpaired) electrons. The maximum atomic E-state index is 11.6. The molecule has 0 amide bonds. The van der Waals surface area contributed by atoms with Gasteiger partial charge in [0.1, 0.15) is 0 Å². The van der Waals surface area contributed by atoms with Gasteiger partial charge in [-0.3, -0.25) is 4.55 Å². The lowest BCUT2D eigenvalue weighted by Crippen LogP contribution is -2.40. The Morgan fingerprint density at radius 2 is 1.55 bits per heavy atom. The zero-order valence-corrected chi connectivity index (χ0v) is 13.6. The van der Waals surface area contributed by atoms with Crippen molar-refractivity contribution in [1.82, 2.24) is 0 Å². The molecule has 20 heavy (non-hydrogen) atoms. The lowest BCUT2D eigenvalue weighted by atomic mass is 10.0. The Labute approximate surface area is 122 Å². The molecule has 0 saturated carbocycles. The third-order valence-electron chi connectivity index (χ3n) is 3.57. The molecule has 1 rings (SSSR count). The highest BCUT2D eigenvalue weighted by Gasteiger charge is 2.27. The van der Waals surface area contributed by atoms with Gasteiger partial charge in [0.25, 0.3) is 10.1 Å². The summed E-state index contributed by atoms with van der Waals surface area (Å²) in [5, 5.41) is -0.885. The van der Waals surface area contributed by atoms with Crippen molar-refractivity contribution in [2.24, 2.45) is 0 Å². The summed E-state index contributed by atoms with van der Waals surface area (Å²) in [6, 6.07) is 6.17. The Morgan fingerprint density at radius 1 is 1.05 bits per heavy atom. The zero-order chi connectivity index (χ0) is 15.3. The predicted molar refractivity (Wildman–Crippen MR) is 83.8 cm³/mol. The van der Waals surface area contributed by atoms with Gasteiger partial charge in [-0.05, 0) is 49.4 Å². The van der Waals surface area contributed by atoms with Crippen LogP contribution < -0.4 is 4.90 Å². The number of anilines is 1. The second-order valence-electron chi connectivity index (χ2n) is 4.88. The number of nitrogens with zero attached hydrogens (tertiary/aromatic N) is 1. The fourth-order valence-corrected chi connectivity index (χ4v) is 3.47. The largest absolute Gasteiger partial charge is 0.353 e. The average molecular weight is 299 g/mol. The third-order valence-corrected chi connectivity index (χ3v) is 4.84. The number of hydrogen-bond acceptors (Lipinski definition) is 3. The summed E-state index contributed by atoms with van der Waals surface area (Å²) in [7, 11) is -4.09. The van der Waals surface area contributed by atoms with E-state index in [0.717, 1.165) is 18.5 Å². The fraction of sp³-hybridized carbons (Fsp3) is 0.600. The minimum atomic E-state index is -4.09. The second-order valence-corrected chi connectivity index (χ2v) is 6.45. The standard InChI is InChI=1S/C15H25NO3S/c1-5-12-9-13(6-2)11-14(10-12)16(8-4)15(7-3)20(17,18)19/h9-11,15H,5-8H2,1-4H3,(H,17,18,19). The quantitative estimate of drug-likeness (QED) is 0.785. The van der Waals surface area contributed by atoms with Crippen LogP contribution in [0.15, 0.2) is 18.2 Å². The maximum Gasteiger partial charge on any atom is 0.286 e. The summed E-state index contributed by atoms with van der Waals surface area (Å²) in [6.07, 6.45) is 2.16. The van der Waals surface area contributed by atoms with Gasteiger partial charge in [0.05, 0.1) is 0 Å².